The molecule has 1 N–H and O–H groups in total. The summed E-state index contributed by atoms with van der Waals surface area (Å²) in [5.74, 6) is 1.31. The van der Waals surface area contributed by atoms with Crippen LogP contribution < -0.4 is 5.32 Å². The van der Waals surface area contributed by atoms with E-state index in [2.05, 4.69) is 19.2 Å². The van der Waals surface area contributed by atoms with Crippen LogP contribution in [0.25, 0.3) is 0 Å². The number of carbonyl (C=O) groups is 2. The van der Waals surface area contributed by atoms with Gasteiger partial charge in [-0.25, -0.2) is 0 Å². The van der Waals surface area contributed by atoms with Crippen molar-refractivity contribution in [1.82, 2.24) is 5.32 Å². The second kappa shape index (κ2) is 5.41. The van der Waals surface area contributed by atoms with Crippen molar-refractivity contribution in [1.29, 1.82) is 0 Å². The molecule has 2 aliphatic carbocycles. The Labute approximate surface area is 110 Å². The van der Waals surface area contributed by atoms with Crippen LogP contribution in [0.1, 0.15) is 58.8 Å². The molecule has 0 bridgehead atoms. The zero-order chi connectivity index (χ0) is 13.2. The number of Topliss-reactive ketones (excluding diaryl/α,β-unsaturated/α-hetero) is 1. The zero-order valence-electron chi connectivity index (χ0n) is 11.6. The molecule has 0 radical (unpaired) electrons. The van der Waals surface area contributed by atoms with Gasteiger partial charge in [-0.3, -0.25) is 9.59 Å². The molecular formula is C15H25NO2. The van der Waals surface area contributed by atoms with Crippen molar-refractivity contribution in [2.24, 2.45) is 17.3 Å². The summed E-state index contributed by atoms with van der Waals surface area (Å²) in [4.78, 5) is 23.2. The third kappa shape index (κ3) is 3.12. The number of carbonyl (C=O) groups excluding carboxylic acids is 2. The average molecular weight is 251 g/mol. The van der Waals surface area contributed by atoms with E-state index in [4.69, 9.17) is 0 Å². The standard InChI is InChI=1S/C15H25NO2/c1-15(2,12-4-3-5-12)10-16-14(18)11-6-8-13(17)9-7-11/h11-12H,3-10H2,1-2H3,(H,16,18). The van der Waals surface area contributed by atoms with Crippen molar-refractivity contribution in [3.63, 3.8) is 0 Å². The Bertz CT molecular complexity index is 321. The van der Waals surface area contributed by atoms with Crippen LogP contribution in [0, 0.1) is 17.3 Å². The summed E-state index contributed by atoms with van der Waals surface area (Å²) in [6, 6.07) is 0. The summed E-state index contributed by atoms with van der Waals surface area (Å²) < 4.78 is 0. The first-order valence-corrected chi connectivity index (χ1v) is 7.28. The van der Waals surface area contributed by atoms with Gasteiger partial charge in [-0.2, -0.15) is 0 Å². The third-order valence-corrected chi connectivity index (χ3v) is 4.84. The highest BCUT2D eigenvalue weighted by Crippen LogP contribution is 2.41. The van der Waals surface area contributed by atoms with Gasteiger partial charge in [0.2, 0.25) is 5.91 Å². The first-order chi connectivity index (χ1) is 8.49. The van der Waals surface area contributed by atoms with Gasteiger partial charge in [0, 0.05) is 25.3 Å². The molecule has 3 heteroatoms. The van der Waals surface area contributed by atoms with Gasteiger partial charge in [-0.15, -0.1) is 0 Å². The number of nitrogens with one attached hydrogen (secondary N) is 1. The van der Waals surface area contributed by atoms with Crippen molar-refractivity contribution < 1.29 is 9.59 Å². The van der Waals surface area contributed by atoms with Crippen molar-refractivity contribution in [2.75, 3.05) is 6.54 Å². The molecule has 2 rings (SSSR count). The van der Waals surface area contributed by atoms with E-state index in [0.29, 0.717) is 18.6 Å². The number of hydrogen-bond acceptors (Lipinski definition) is 2. The smallest absolute Gasteiger partial charge is 0.223 e. The molecule has 18 heavy (non-hydrogen) atoms. The highest BCUT2D eigenvalue weighted by molar-refractivity contribution is 5.84. The van der Waals surface area contributed by atoms with Crippen LogP contribution in [0.15, 0.2) is 0 Å². The van der Waals surface area contributed by atoms with Gasteiger partial charge >= 0.3 is 0 Å². The predicted molar refractivity (Wildman–Crippen MR) is 71.1 cm³/mol. The highest BCUT2D eigenvalue weighted by Gasteiger charge is 2.34. The summed E-state index contributed by atoms with van der Waals surface area (Å²) >= 11 is 0. The number of hydrogen-bond donors (Lipinski definition) is 1. The van der Waals surface area contributed by atoms with Crippen molar-refractivity contribution in [3.05, 3.63) is 0 Å². The summed E-state index contributed by atoms with van der Waals surface area (Å²) in [6.07, 6.45) is 6.62. The molecule has 1 amide bonds. The van der Waals surface area contributed by atoms with E-state index in [1.54, 1.807) is 0 Å². The summed E-state index contributed by atoms with van der Waals surface area (Å²) in [5.41, 5.74) is 0.221. The molecule has 0 heterocycles. The van der Waals surface area contributed by atoms with Gasteiger partial charge in [-0.05, 0) is 37.0 Å². The molecule has 3 nitrogen and oxygen atoms in total. The second-order valence-electron chi connectivity index (χ2n) is 6.65. The van der Waals surface area contributed by atoms with Crippen LogP contribution in [0.2, 0.25) is 0 Å². The van der Waals surface area contributed by atoms with Crippen LogP contribution in [-0.2, 0) is 9.59 Å². The minimum absolute atomic E-state index is 0.0693. The van der Waals surface area contributed by atoms with E-state index in [1.807, 2.05) is 0 Å². The summed E-state index contributed by atoms with van der Waals surface area (Å²) in [5, 5.41) is 3.11. The Balaban J connectivity index is 1.75. The lowest BCUT2D eigenvalue weighted by Gasteiger charge is -2.40. The van der Waals surface area contributed by atoms with Crippen LogP contribution in [0.3, 0.4) is 0 Å². The SMILES string of the molecule is CC(C)(CNC(=O)C1CCC(=O)CC1)C1CCC1. The predicted octanol–water partition coefficient (Wildman–Crippen LogP) is 2.69. The fourth-order valence-corrected chi connectivity index (χ4v) is 3.00. The molecule has 102 valence electrons. The Morgan fingerprint density at radius 2 is 1.83 bits per heavy atom. The quantitative estimate of drug-likeness (QED) is 0.835. The third-order valence-electron chi connectivity index (χ3n) is 4.84. The fourth-order valence-electron chi connectivity index (χ4n) is 3.00. The lowest BCUT2D eigenvalue weighted by atomic mass is 9.67. The first kappa shape index (κ1) is 13.6. The molecule has 0 atom stereocenters. The van der Waals surface area contributed by atoms with Gasteiger partial charge in [0.15, 0.2) is 0 Å². The summed E-state index contributed by atoms with van der Waals surface area (Å²) in [7, 11) is 0. The molecule has 2 saturated carbocycles. The van der Waals surface area contributed by atoms with E-state index in [1.165, 1.54) is 19.3 Å². The normalized spacial score (nSPS) is 22.7. The fraction of sp³-hybridized carbons (Fsp3) is 0.867. The highest BCUT2D eigenvalue weighted by atomic mass is 16.2. The van der Waals surface area contributed by atoms with Gasteiger partial charge in [-0.1, -0.05) is 20.3 Å². The van der Waals surface area contributed by atoms with Gasteiger partial charge in [0.25, 0.3) is 0 Å². The van der Waals surface area contributed by atoms with Crippen molar-refractivity contribution >= 4 is 11.7 Å². The number of ketones is 1. The number of rotatable bonds is 4. The van der Waals surface area contributed by atoms with E-state index < -0.39 is 0 Å². The average Bonchev–Trinajstić information content (AvgIpc) is 2.24. The van der Waals surface area contributed by atoms with Crippen molar-refractivity contribution in [3.8, 4) is 0 Å². The maximum atomic E-state index is 12.1. The largest absolute Gasteiger partial charge is 0.355 e. The van der Waals surface area contributed by atoms with Crippen molar-refractivity contribution in [2.45, 2.75) is 58.8 Å². The molecule has 0 aliphatic heterocycles. The topological polar surface area (TPSA) is 46.2 Å². The number of amides is 1. The van der Waals surface area contributed by atoms with Crippen LogP contribution >= 0.6 is 0 Å². The minimum atomic E-state index is 0.0693. The molecule has 2 fully saturated rings. The maximum absolute atomic E-state index is 12.1. The minimum Gasteiger partial charge on any atom is -0.355 e. The Hall–Kier alpha value is -0.860. The van der Waals surface area contributed by atoms with E-state index in [-0.39, 0.29) is 17.2 Å². The molecule has 0 spiro atoms. The maximum Gasteiger partial charge on any atom is 0.223 e. The molecule has 0 aromatic rings. The monoisotopic (exact) mass is 251 g/mol. The molecule has 0 aromatic heterocycles. The van der Waals surface area contributed by atoms with Crippen LogP contribution in [-0.4, -0.2) is 18.2 Å². The van der Waals surface area contributed by atoms with E-state index >= 15 is 0 Å². The second-order valence-corrected chi connectivity index (χ2v) is 6.65. The molecule has 0 saturated heterocycles. The molecule has 0 aromatic carbocycles. The Morgan fingerprint density at radius 3 is 2.33 bits per heavy atom. The zero-order valence-corrected chi connectivity index (χ0v) is 11.6. The van der Waals surface area contributed by atoms with Crippen LogP contribution in [0.5, 0.6) is 0 Å². The van der Waals surface area contributed by atoms with E-state index in [9.17, 15) is 9.59 Å². The molecular weight excluding hydrogens is 226 g/mol. The Kier molecular flexibility index (Phi) is 4.08. The van der Waals surface area contributed by atoms with Gasteiger partial charge in [0.05, 0.1) is 0 Å². The lowest BCUT2D eigenvalue weighted by Crippen LogP contribution is -2.43. The summed E-state index contributed by atoms with van der Waals surface area (Å²) in [6.45, 7) is 5.28. The van der Waals surface area contributed by atoms with E-state index in [0.717, 1.165) is 25.3 Å². The molecule has 2 aliphatic rings. The lowest BCUT2D eigenvalue weighted by molar-refractivity contribution is -0.129. The molecule has 0 unspecified atom stereocenters. The van der Waals surface area contributed by atoms with Gasteiger partial charge < -0.3 is 5.32 Å². The Morgan fingerprint density at radius 1 is 1.22 bits per heavy atom. The van der Waals surface area contributed by atoms with Gasteiger partial charge in [0.1, 0.15) is 5.78 Å². The van der Waals surface area contributed by atoms with Crippen LogP contribution in [0.4, 0.5) is 0 Å². The first-order valence-electron chi connectivity index (χ1n) is 7.28.